The Morgan fingerprint density at radius 2 is 1.96 bits per heavy atom. The fraction of sp³-hybridized carbons (Fsp3) is 0.409. The van der Waals surface area contributed by atoms with Gasteiger partial charge in [-0.2, -0.15) is 0 Å². The van der Waals surface area contributed by atoms with Crippen LogP contribution in [0.5, 0.6) is 0 Å². The molecule has 1 saturated heterocycles. The van der Waals surface area contributed by atoms with E-state index < -0.39 is 5.82 Å². The molecule has 0 bridgehead atoms. The van der Waals surface area contributed by atoms with Crippen LogP contribution in [0, 0.1) is 17.2 Å². The topological polar surface area (TPSA) is 65.2 Å². The molecule has 6 heteroatoms. The molecule has 4 N–H and O–H groups in total. The lowest BCUT2D eigenvalue weighted by molar-refractivity contribution is 0.102. The van der Waals surface area contributed by atoms with E-state index in [1.807, 2.05) is 24.3 Å². The molecule has 1 amide bonds. The zero-order valence-corrected chi connectivity index (χ0v) is 16.7. The minimum Gasteiger partial charge on any atom is -0.322 e. The summed E-state index contributed by atoms with van der Waals surface area (Å²) >= 11 is 0. The molecule has 5 nitrogen and oxygen atoms in total. The Labute approximate surface area is 166 Å². The molecular formula is C22H29FN4O. The number of anilines is 1. The molecule has 150 valence electrons. The van der Waals surface area contributed by atoms with E-state index in [9.17, 15) is 9.18 Å². The smallest absolute Gasteiger partial charge is 0.255 e. The van der Waals surface area contributed by atoms with Crippen LogP contribution in [-0.4, -0.2) is 25.0 Å². The van der Waals surface area contributed by atoms with Crippen LogP contribution in [0.1, 0.15) is 36.7 Å². The van der Waals surface area contributed by atoms with Crippen molar-refractivity contribution < 1.29 is 9.18 Å². The molecule has 2 atom stereocenters. The van der Waals surface area contributed by atoms with Gasteiger partial charge in [-0.15, -0.1) is 0 Å². The minimum absolute atomic E-state index is 0.191. The van der Waals surface area contributed by atoms with Crippen molar-refractivity contribution in [1.29, 1.82) is 0 Å². The van der Waals surface area contributed by atoms with Crippen molar-refractivity contribution in [2.45, 2.75) is 33.4 Å². The zero-order chi connectivity index (χ0) is 20.1. The summed E-state index contributed by atoms with van der Waals surface area (Å²) in [5.41, 5.74) is 8.93. The van der Waals surface area contributed by atoms with Gasteiger partial charge in [-0.25, -0.2) is 4.39 Å². The fourth-order valence-corrected chi connectivity index (χ4v) is 3.64. The third kappa shape index (κ3) is 5.38. The fourth-order valence-electron chi connectivity index (χ4n) is 3.64. The van der Waals surface area contributed by atoms with Gasteiger partial charge < -0.3 is 10.6 Å². The van der Waals surface area contributed by atoms with Crippen LogP contribution in [0.25, 0.3) is 0 Å². The number of amides is 1. The largest absolute Gasteiger partial charge is 0.322 e. The van der Waals surface area contributed by atoms with E-state index >= 15 is 0 Å². The van der Waals surface area contributed by atoms with Crippen molar-refractivity contribution in [1.82, 2.24) is 16.2 Å². The molecule has 0 radical (unpaired) electrons. The molecule has 0 spiro atoms. The Balaban J connectivity index is 1.54. The van der Waals surface area contributed by atoms with Crippen LogP contribution in [-0.2, 0) is 6.54 Å². The van der Waals surface area contributed by atoms with E-state index in [2.05, 4.69) is 42.3 Å². The average molecular weight is 384 g/mol. The second kappa shape index (κ2) is 8.82. The van der Waals surface area contributed by atoms with Crippen LogP contribution in [0.4, 0.5) is 10.1 Å². The number of rotatable bonds is 6. The van der Waals surface area contributed by atoms with Gasteiger partial charge in [-0.1, -0.05) is 39.0 Å². The van der Waals surface area contributed by atoms with Gasteiger partial charge >= 0.3 is 0 Å². The third-order valence-electron chi connectivity index (χ3n) is 5.03. The first-order valence-corrected chi connectivity index (χ1v) is 9.68. The highest BCUT2D eigenvalue weighted by Crippen LogP contribution is 2.27. The van der Waals surface area contributed by atoms with Gasteiger partial charge in [0.15, 0.2) is 0 Å². The molecule has 1 aliphatic heterocycles. The van der Waals surface area contributed by atoms with Gasteiger partial charge in [0.1, 0.15) is 5.82 Å². The molecule has 1 heterocycles. The molecule has 2 aromatic carbocycles. The van der Waals surface area contributed by atoms with E-state index in [0.29, 0.717) is 23.2 Å². The number of nitrogens with one attached hydrogen (secondary N) is 4. The van der Waals surface area contributed by atoms with Crippen molar-refractivity contribution in [2.24, 2.45) is 11.3 Å². The predicted molar refractivity (Wildman–Crippen MR) is 110 cm³/mol. The number of benzene rings is 2. The first kappa shape index (κ1) is 20.5. The van der Waals surface area contributed by atoms with Gasteiger partial charge in [0, 0.05) is 42.8 Å². The van der Waals surface area contributed by atoms with Crippen LogP contribution in [0.3, 0.4) is 0 Å². The van der Waals surface area contributed by atoms with Crippen molar-refractivity contribution in [3.8, 4) is 0 Å². The number of hydrogen-bond acceptors (Lipinski definition) is 4. The van der Waals surface area contributed by atoms with E-state index in [1.54, 1.807) is 6.07 Å². The van der Waals surface area contributed by atoms with Gasteiger partial charge in [0.25, 0.3) is 5.91 Å². The summed E-state index contributed by atoms with van der Waals surface area (Å²) < 4.78 is 13.3. The first-order valence-electron chi connectivity index (χ1n) is 9.68. The maximum atomic E-state index is 13.3. The van der Waals surface area contributed by atoms with E-state index in [0.717, 1.165) is 25.2 Å². The molecule has 0 aliphatic carbocycles. The number of hydrazine groups is 1. The van der Waals surface area contributed by atoms with Crippen LogP contribution < -0.4 is 21.5 Å². The zero-order valence-electron chi connectivity index (χ0n) is 16.7. The summed E-state index contributed by atoms with van der Waals surface area (Å²) in [6.07, 6.45) is 0. The number of carbonyl (C=O) groups is 1. The van der Waals surface area contributed by atoms with Crippen LogP contribution >= 0.6 is 0 Å². The van der Waals surface area contributed by atoms with E-state index in [-0.39, 0.29) is 11.3 Å². The van der Waals surface area contributed by atoms with Crippen molar-refractivity contribution in [3.63, 3.8) is 0 Å². The lowest BCUT2D eigenvalue weighted by Gasteiger charge is -2.31. The number of carbonyl (C=O) groups excluding carboxylic acids is 1. The molecule has 0 aromatic heterocycles. The molecule has 1 aliphatic rings. The Hall–Kier alpha value is -2.28. The van der Waals surface area contributed by atoms with Crippen molar-refractivity contribution >= 4 is 11.6 Å². The Morgan fingerprint density at radius 3 is 2.71 bits per heavy atom. The van der Waals surface area contributed by atoms with E-state index in [4.69, 9.17) is 0 Å². The minimum atomic E-state index is -0.421. The molecule has 28 heavy (non-hydrogen) atoms. The average Bonchev–Trinajstić information content (AvgIpc) is 3.11. The van der Waals surface area contributed by atoms with Crippen molar-refractivity contribution in [3.05, 3.63) is 65.5 Å². The second-order valence-corrected chi connectivity index (χ2v) is 8.42. The lowest BCUT2D eigenvalue weighted by atomic mass is 9.80. The van der Waals surface area contributed by atoms with Crippen LogP contribution in [0.15, 0.2) is 48.5 Å². The quantitative estimate of drug-likeness (QED) is 0.617. The SMILES string of the molecule is CC(C)(C)C1NNCC1CNCc1cccc(NC(=O)c2cccc(F)c2)c1. The van der Waals surface area contributed by atoms with Crippen molar-refractivity contribution in [2.75, 3.05) is 18.4 Å². The lowest BCUT2D eigenvalue weighted by Crippen LogP contribution is -2.44. The van der Waals surface area contributed by atoms with Crippen LogP contribution in [0.2, 0.25) is 0 Å². The highest BCUT2D eigenvalue weighted by Gasteiger charge is 2.35. The third-order valence-corrected chi connectivity index (χ3v) is 5.03. The number of hydrogen-bond donors (Lipinski definition) is 4. The van der Waals surface area contributed by atoms with Gasteiger partial charge in [-0.05, 0) is 41.3 Å². The molecule has 2 aromatic rings. The molecule has 0 saturated carbocycles. The highest BCUT2D eigenvalue weighted by atomic mass is 19.1. The molecule has 2 unspecified atom stereocenters. The second-order valence-electron chi connectivity index (χ2n) is 8.42. The Bertz CT molecular complexity index is 818. The summed E-state index contributed by atoms with van der Waals surface area (Å²) in [5.74, 6) is -0.230. The normalized spacial score (nSPS) is 19.6. The molecular weight excluding hydrogens is 355 g/mol. The summed E-state index contributed by atoms with van der Waals surface area (Å²) in [6, 6.07) is 13.8. The predicted octanol–water partition coefficient (Wildman–Crippen LogP) is 3.31. The standard InChI is InChI=1S/C22H29FN4O/c1-22(2,3)20-17(14-25-27-20)13-24-12-15-6-4-9-19(10-15)26-21(28)16-7-5-8-18(23)11-16/h4-11,17,20,24-25,27H,12-14H2,1-3H3,(H,26,28). The Kier molecular flexibility index (Phi) is 6.44. The van der Waals surface area contributed by atoms with Gasteiger partial charge in [0.05, 0.1) is 0 Å². The molecule has 1 fully saturated rings. The maximum Gasteiger partial charge on any atom is 0.255 e. The summed E-state index contributed by atoms with van der Waals surface area (Å²) in [4.78, 5) is 12.3. The monoisotopic (exact) mass is 384 g/mol. The number of halogens is 1. The highest BCUT2D eigenvalue weighted by molar-refractivity contribution is 6.04. The molecule has 3 rings (SSSR count). The summed E-state index contributed by atoms with van der Waals surface area (Å²) in [6.45, 7) is 9.30. The Morgan fingerprint density at radius 1 is 1.18 bits per heavy atom. The summed E-state index contributed by atoms with van der Waals surface area (Å²) in [5, 5.41) is 6.35. The van der Waals surface area contributed by atoms with Gasteiger partial charge in [-0.3, -0.25) is 15.6 Å². The van der Waals surface area contributed by atoms with Gasteiger partial charge in [0.2, 0.25) is 0 Å². The van der Waals surface area contributed by atoms with E-state index in [1.165, 1.54) is 18.2 Å². The first-order chi connectivity index (χ1) is 13.3. The summed E-state index contributed by atoms with van der Waals surface area (Å²) in [7, 11) is 0. The maximum absolute atomic E-state index is 13.3.